The standard InChI is InChI=1S/C11H23ISi/c1-9(2)13(8-7-12,10(3)4)11(5)6/h7-11H,1-6H3/b8-7-. The van der Waals surface area contributed by atoms with E-state index in [0.717, 1.165) is 16.6 Å². The molecule has 0 N–H and O–H groups in total. The lowest BCUT2D eigenvalue weighted by atomic mass is 10.5. The van der Waals surface area contributed by atoms with Crippen LogP contribution in [0, 0.1) is 0 Å². The van der Waals surface area contributed by atoms with Gasteiger partial charge in [-0.15, -0.1) is 0 Å². The average Bonchev–Trinajstić information content (AvgIpc) is 1.97. The minimum Gasteiger partial charge on any atom is -0.0875 e. The zero-order valence-electron chi connectivity index (χ0n) is 9.76. The molecule has 0 aliphatic rings. The smallest absolute Gasteiger partial charge is 0.0859 e. The Labute approximate surface area is 98.3 Å². The first-order valence-electron chi connectivity index (χ1n) is 5.17. The molecular formula is C11H23ISi. The molecule has 0 spiro atoms. The van der Waals surface area contributed by atoms with Crippen molar-refractivity contribution in [2.45, 2.75) is 58.2 Å². The minimum absolute atomic E-state index is 0.846. The van der Waals surface area contributed by atoms with Gasteiger partial charge in [-0.1, -0.05) is 69.8 Å². The van der Waals surface area contributed by atoms with Crippen molar-refractivity contribution in [2.24, 2.45) is 0 Å². The molecule has 0 amide bonds. The van der Waals surface area contributed by atoms with E-state index in [1.54, 1.807) is 0 Å². The van der Waals surface area contributed by atoms with Crippen molar-refractivity contribution in [3.63, 3.8) is 0 Å². The largest absolute Gasteiger partial charge is 0.0875 e. The average molecular weight is 310 g/mol. The molecule has 13 heavy (non-hydrogen) atoms. The molecule has 0 fully saturated rings. The van der Waals surface area contributed by atoms with Crippen molar-refractivity contribution in [3.8, 4) is 0 Å². The van der Waals surface area contributed by atoms with Gasteiger partial charge in [-0.3, -0.25) is 0 Å². The van der Waals surface area contributed by atoms with Crippen LogP contribution in [0.5, 0.6) is 0 Å². The van der Waals surface area contributed by atoms with Gasteiger partial charge in [0.1, 0.15) is 0 Å². The van der Waals surface area contributed by atoms with Gasteiger partial charge < -0.3 is 0 Å². The second-order valence-corrected chi connectivity index (χ2v) is 11.3. The molecule has 0 aromatic rings. The van der Waals surface area contributed by atoms with Gasteiger partial charge in [-0.2, -0.15) is 0 Å². The van der Waals surface area contributed by atoms with Crippen LogP contribution >= 0.6 is 22.6 Å². The Morgan fingerprint density at radius 2 is 1.15 bits per heavy atom. The van der Waals surface area contributed by atoms with E-state index in [2.05, 4.69) is 73.9 Å². The van der Waals surface area contributed by atoms with Crippen molar-refractivity contribution in [1.82, 2.24) is 0 Å². The van der Waals surface area contributed by atoms with Crippen LogP contribution in [0.3, 0.4) is 0 Å². The molecule has 0 rings (SSSR count). The summed E-state index contributed by atoms with van der Waals surface area (Å²) in [5, 5.41) is 0. The third-order valence-electron chi connectivity index (χ3n) is 3.35. The molecule has 0 aliphatic heterocycles. The molecule has 0 radical (unpaired) electrons. The van der Waals surface area contributed by atoms with E-state index in [9.17, 15) is 0 Å². The Morgan fingerprint density at radius 3 is 1.23 bits per heavy atom. The third-order valence-corrected chi connectivity index (χ3v) is 11.1. The first kappa shape index (κ1) is 13.7. The van der Waals surface area contributed by atoms with Crippen molar-refractivity contribution < 1.29 is 0 Å². The highest BCUT2D eigenvalue weighted by atomic mass is 127. The van der Waals surface area contributed by atoms with Gasteiger partial charge in [0.05, 0.1) is 8.07 Å². The fourth-order valence-corrected chi connectivity index (χ4v) is 9.93. The van der Waals surface area contributed by atoms with Crippen LogP contribution in [0.2, 0.25) is 16.6 Å². The molecular weight excluding hydrogens is 287 g/mol. The molecule has 0 unspecified atom stereocenters. The molecule has 0 heterocycles. The summed E-state index contributed by atoms with van der Waals surface area (Å²) < 4.78 is 2.24. The van der Waals surface area contributed by atoms with E-state index in [-0.39, 0.29) is 0 Å². The summed E-state index contributed by atoms with van der Waals surface area (Å²) in [7, 11) is -1.22. The van der Waals surface area contributed by atoms with Crippen molar-refractivity contribution in [1.29, 1.82) is 0 Å². The van der Waals surface area contributed by atoms with Crippen LogP contribution in [0.25, 0.3) is 0 Å². The monoisotopic (exact) mass is 310 g/mol. The lowest BCUT2D eigenvalue weighted by Crippen LogP contribution is -2.42. The Bertz CT molecular complexity index is 149. The van der Waals surface area contributed by atoms with Crippen LogP contribution in [-0.4, -0.2) is 8.07 Å². The van der Waals surface area contributed by atoms with Crippen LogP contribution in [0.4, 0.5) is 0 Å². The molecule has 78 valence electrons. The molecule has 0 nitrogen and oxygen atoms in total. The predicted molar refractivity (Wildman–Crippen MR) is 74.2 cm³/mol. The molecule has 2 heteroatoms. The molecule has 0 saturated carbocycles. The predicted octanol–water partition coefficient (Wildman–Crippen LogP) is 5.15. The van der Waals surface area contributed by atoms with Gasteiger partial charge in [0, 0.05) is 0 Å². The summed E-state index contributed by atoms with van der Waals surface area (Å²) in [6, 6.07) is 0. The van der Waals surface area contributed by atoms with Crippen LogP contribution in [0.1, 0.15) is 41.5 Å². The molecule has 0 atom stereocenters. The number of rotatable bonds is 4. The van der Waals surface area contributed by atoms with Gasteiger partial charge in [0.15, 0.2) is 0 Å². The maximum Gasteiger partial charge on any atom is 0.0859 e. The molecule has 0 aromatic carbocycles. The van der Waals surface area contributed by atoms with Crippen LogP contribution < -0.4 is 0 Å². The summed E-state index contributed by atoms with van der Waals surface area (Å²) in [5.41, 5.74) is 5.07. The van der Waals surface area contributed by atoms with E-state index < -0.39 is 8.07 Å². The van der Waals surface area contributed by atoms with E-state index in [1.807, 2.05) is 0 Å². The number of halogens is 1. The van der Waals surface area contributed by atoms with Gasteiger partial charge in [-0.05, 0) is 20.7 Å². The van der Waals surface area contributed by atoms with Crippen molar-refractivity contribution >= 4 is 30.7 Å². The summed E-state index contributed by atoms with van der Waals surface area (Å²) in [5.74, 6) is 0. The first-order valence-corrected chi connectivity index (χ1v) is 8.73. The highest BCUT2D eigenvalue weighted by Gasteiger charge is 2.39. The Hall–Kier alpha value is 0.687. The van der Waals surface area contributed by atoms with Crippen LogP contribution in [-0.2, 0) is 0 Å². The Balaban J connectivity index is 5.05. The fraction of sp³-hybridized carbons (Fsp3) is 0.818. The van der Waals surface area contributed by atoms with E-state index in [1.165, 1.54) is 0 Å². The summed E-state index contributed by atoms with van der Waals surface area (Å²) in [4.78, 5) is 0. The molecule has 0 aromatic heterocycles. The minimum atomic E-state index is -1.22. The van der Waals surface area contributed by atoms with E-state index in [0.29, 0.717) is 0 Å². The van der Waals surface area contributed by atoms with Crippen molar-refractivity contribution in [2.75, 3.05) is 0 Å². The second-order valence-electron chi connectivity index (χ2n) is 4.76. The number of hydrogen-bond acceptors (Lipinski definition) is 0. The lowest BCUT2D eigenvalue weighted by Gasteiger charge is -2.40. The molecule has 0 saturated heterocycles. The second kappa shape index (κ2) is 5.54. The maximum absolute atomic E-state index is 2.54. The van der Waals surface area contributed by atoms with Gasteiger partial charge >= 0.3 is 0 Å². The first-order chi connectivity index (χ1) is 5.89. The summed E-state index contributed by atoms with van der Waals surface area (Å²) in [6.07, 6.45) is 0. The SMILES string of the molecule is CC(C)[Si](/C=C\I)(C(C)C)C(C)C. The van der Waals surface area contributed by atoms with E-state index in [4.69, 9.17) is 0 Å². The van der Waals surface area contributed by atoms with Crippen molar-refractivity contribution in [3.05, 3.63) is 9.78 Å². The van der Waals surface area contributed by atoms with E-state index >= 15 is 0 Å². The number of hydrogen-bond donors (Lipinski definition) is 0. The van der Waals surface area contributed by atoms with Gasteiger partial charge in [0.2, 0.25) is 0 Å². The zero-order valence-corrected chi connectivity index (χ0v) is 12.9. The molecule has 0 aliphatic carbocycles. The normalized spacial score (nSPS) is 14.0. The Kier molecular flexibility index (Phi) is 5.83. The molecule has 0 bridgehead atoms. The highest BCUT2D eigenvalue weighted by molar-refractivity contribution is 14.1. The zero-order chi connectivity index (χ0) is 10.6. The fourth-order valence-electron chi connectivity index (χ4n) is 2.69. The summed E-state index contributed by atoms with van der Waals surface area (Å²) >= 11 is 2.37. The summed E-state index contributed by atoms with van der Waals surface area (Å²) in [6.45, 7) is 14.4. The topological polar surface area (TPSA) is 0 Å². The lowest BCUT2D eigenvalue weighted by molar-refractivity contribution is 0.833. The van der Waals surface area contributed by atoms with Gasteiger partial charge in [0.25, 0.3) is 0 Å². The van der Waals surface area contributed by atoms with Gasteiger partial charge in [-0.25, -0.2) is 0 Å². The maximum atomic E-state index is 2.54. The van der Waals surface area contributed by atoms with Crippen LogP contribution in [0.15, 0.2) is 9.78 Å². The quantitative estimate of drug-likeness (QED) is 0.497. The highest BCUT2D eigenvalue weighted by Crippen LogP contribution is 2.42. The third kappa shape index (κ3) is 2.82. The Morgan fingerprint density at radius 1 is 0.846 bits per heavy atom.